The largest absolute Gasteiger partial charge is 0.388 e. The van der Waals surface area contributed by atoms with E-state index in [0.29, 0.717) is 0 Å². The molecule has 0 spiro atoms. The predicted molar refractivity (Wildman–Crippen MR) is 48.6 cm³/mol. The molecular weight excluding hydrogens is 188 g/mol. The van der Waals surface area contributed by atoms with Gasteiger partial charge in [-0.15, -0.1) is 0 Å². The molecule has 1 heterocycles. The number of aliphatic hydroxyl groups is 3. The Kier molecular flexibility index (Phi) is 3.86. The molecule has 0 saturated carbocycles. The zero-order chi connectivity index (χ0) is 10.9. The summed E-state index contributed by atoms with van der Waals surface area (Å²) < 4.78 is 10.5. The summed E-state index contributed by atoms with van der Waals surface area (Å²) in [5.41, 5.74) is 0. The van der Waals surface area contributed by atoms with Crippen molar-refractivity contribution in [2.45, 2.75) is 57.6 Å². The molecule has 5 atom stereocenters. The number of aliphatic hydroxyl groups excluding tert-OH is 3. The minimum absolute atomic E-state index is 0.107. The molecule has 0 unspecified atom stereocenters. The Morgan fingerprint density at radius 2 is 1.64 bits per heavy atom. The molecule has 0 aromatic heterocycles. The quantitative estimate of drug-likeness (QED) is 0.553. The summed E-state index contributed by atoms with van der Waals surface area (Å²) in [5, 5.41) is 28.3. The highest BCUT2D eigenvalue weighted by atomic mass is 16.7. The molecule has 0 aromatic carbocycles. The van der Waals surface area contributed by atoms with E-state index in [1.807, 2.05) is 0 Å². The standard InChI is InChI=1S/C9H18O5/c1-4(2)13-9-8(12)7(11)6(10)5(3)14-9/h4-12H,1-3H3/t5-,6-,7+,8+,9+/m0/s1. The predicted octanol–water partition coefficient (Wildman–Crippen LogP) is -0.761. The van der Waals surface area contributed by atoms with E-state index in [-0.39, 0.29) is 6.10 Å². The first-order valence-electron chi connectivity index (χ1n) is 4.78. The number of hydrogen-bond acceptors (Lipinski definition) is 5. The molecule has 14 heavy (non-hydrogen) atoms. The van der Waals surface area contributed by atoms with Crippen molar-refractivity contribution in [3.05, 3.63) is 0 Å². The first-order chi connectivity index (χ1) is 6.43. The van der Waals surface area contributed by atoms with Gasteiger partial charge in [0, 0.05) is 0 Å². The van der Waals surface area contributed by atoms with Gasteiger partial charge in [0.25, 0.3) is 0 Å². The van der Waals surface area contributed by atoms with Gasteiger partial charge in [-0.1, -0.05) is 0 Å². The van der Waals surface area contributed by atoms with Gasteiger partial charge in [0.1, 0.15) is 18.3 Å². The molecule has 1 aliphatic rings. The van der Waals surface area contributed by atoms with Crippen LogP contribution in [0.1, 0.15) is 20.8 Å². The molecule has 0 amide bonds. The van der Waals surface area contributed by atoms with Crippen LogP contribution in [0.4, 0.5) is 0 Å². The van der Waals surface area contributed by atoms with E-state index in [0.717, 1.165) is 0 Å². The van der Waals surface area contributed by atoms with Crippen molar-refractivity contribution in [1.29, 1.82) is 0 Å². The van der Waals surface area contributed by atoms with Gasteiger partial charge >= 0.3 is 0 Å². The fourth-order valence-corrected chi connectivity index (χ4v) is 1.39. The van der Waals surface area contributed by atoms with Crippen LogP contribution < -0.4 is 0 Å². The van der Waals surface area contributed by atoms with E-state index >= 15 is 0 Å². The average molecular weight is 206 g/mol. The highest BCUT2D eigenvalue weighted by Gasteiger charge is 2.42. The molecular formula is C9H18O5. The summed E-state index contributed by atoms with van der Waals surface area (Å²) in [4.78, 5) is 0. The molecule has 0 aliphatic carbocycles. The molecule has 5 heteroatoms. The molecule has 0 aromatic rings. The van der Waals surface area contributed by atoms with Crippen LogP contribution in [0, 0.1) is 0 Å². The van der Waals surface area contributed by atoms with Gasteiger partial charge in [-0.25, -0.2) is 0 Å². The van der Waals surface area contributed by atoms with Gasteiger partial charge in [-0.2, -0.15) is 0 Å². The highest BCUT2D eigenvalue weighted by Crippen LogP contribution is 2.22. The smallest absolute Gasteiger partial charge is 0.186 e. The number of rotatable bonds is 2. The summed E-state index contributed by atoms with van der Waals surface area (Å²) in [5.74, 6) is 0. The van der Waals surface area contributed by atoms with Crippen LogP contribution >= 0.6 is 0 Å². The van der Waals surface area contributed by atoms with E-state index in [9.17, 15) is 15.3 Å². The minimum atomic E-state index is -1.22. The van der Waals surface area contributed by atoms with Crippen LogP contribution in [0.25, 0.3) is 0 Å². The Morgan fingerprint density at radius 3 is 2.14 bits per heavy atom. The number of ether oxygens (including phenoxy) is 2. The molecule has 0 bridgehead atoms. The third kappa shape index (κ3) is 2.43. The third-order valence-corrected chi connectivity index (χ3v) is 2.21. The molecule has 1 aliphatic heterocycles. The van der Waals surface area contributed by atoms with E-state index < -0.39 is 30.7 Å². The summed E-state index contributed by atoms with van der Waals surface area (Å²) in [6, 6.07) is 0. The highest BCUT2D eigenvalue weighted by molar-refractivity contribution is 4.87. The summed E-state index contributed by atoms with van der Waals surface area (Å²) in [6.07, 6.45) is -5.02. The van der Waals surface area contributed by atoms with Crippen LogP contribution in [0.5, 0.6) is 0 Å². The van der Waals surface area contributed by atoms with Crippen molar-refractivity contribution in [2.24, 2.45) is 0 Å². The molecule has 3 N–H and O–H groups in total. The van der Waals surface area contributed by atoms with Crippen molar-refractivity contribution in [3.8, 4) is 0 Å². The maximum absolute atomic E-state index is 9.51. The second-order valence-corrected chi connectivity index (χ2v) is 3.87. The first kappa shape index (κ1) is 11.9. The van der Waals surface area contributed by atoms with Crippen molar-refractivity contribution in [2.75, 3.05) is 0 Å². The SMILES string of the molecule is CC(C)O[C@@H]1O[C@@H](C)[C@H](O)[C@@H](O)[C@H]1O. The van der Waals surface area contributed by atoms with Gasteiger partial charge in [-0.05, 0) is 20.8 Å². The zero-order valence-corrected chi connectivity index (χ0v) is 8.62. The van der Waals surface area contributed by atoms with Gasteiger partial charge in [-0.3, -0.25) is 0 Å². The fourth-order valence-electron chi connectivity index (χ4n) is 1.39. The van der Waals surface area contributed by atoms with Gasteiger partial charge in [0.15, 0.2) is 6.29 Å². The topological polar surface area (TPSA) is 79.2 Å². The maximum Gasteiger partial charge on any atom is 0.186 e. The molecule has 84 valence electrons. The van der Waals surface area contributed by atoms with E-state index in [1.54, 1.807) is 20.8 Å². The molecule has 5 nitrogen and oxygen atoms in total. The lowest BCUT2D eigenvalue weighted by Crippen LogP contribution is -2.57. The molecule has 1 fully saturated rings. The van der Waals surface area contributed by atoms with E-state index in [4.69, 9.17) is 9.47 Å². The second-order valence-electron chi connectivity index (χ2n) is 3.87. The lowest BCUT2D eigenvalue weighted by atomic mass is 10.00. The van der Waals surface area contributed by atoms with E-state index in [2.05, 4.69) is 0 Å². The third-order valence-electron chi connectivity index (χ3n) is 2.21. The van der Waals surface area contributed by atoms with E-state index in [1.165, 1.54) is 0 Å². The molecule has 1 saturated heterocycles. The van der Waals surface area contributed by atoms with Crippen LogP contribution in [0.3, 0.4) is 0 Å². The average Bonchev–Trinajstić information content (AvgIpc) is 2.10. The Hall–Kier alpha value is -0.200. The van der Waals surface area contributed by atoms with Crippen molar-refractivity contribution < 1.29 is 24.8 Å². The fraction of sp³-hybridized carbons (Fsp3) is 1.00. The summed E-state index contributed by atoms with van der Waals surface area (Å²) in [7, 11) is 0. The first-order valence-corrected chi connectivity index (χ1v) is 4.78. The summed E-state index contributed by atoms with van der Waals surface area (Å²) >= 11 is 0. The maximum atomic E-state index is 9.51. The number of hydrogen-bond donors (Lipinski definition) is 3. The Balaban J connectivity index is 2.60. The van der Waals surface area contributed by atoms with Crippen LogP contribution in [-0.4, -0.2) is 52.1 Å². The normalized spacial score (nSPS) is 44.4. The van der Waals surface area contributed by atoms with Gasteiger partial charge in [0.2, 0.25) is 0 Å². The lowest BCUT2D eigenvalue weighted by Gasteiger charge is -2.39. The monoisotopic (exact) mass is 206 g/mol. The Labute approximate surface area is 83.3 Å². The van der Waals surface area contributed by atoms with Crippen LogP contribution in [-0.2, 0) is 9.47 Å². The summed E-state index contributed by atoms with van der Waals surface area (Å²) in [6.45, 7) is 5.23. The lowest BCUT2D eigenvalue weighted by molar-refractivity contribution is -0.301. The van der Waals surface area contributed by atoms with Crippen molar-refractivity contribution >= 4 is 0 Å². The zero-order valence-electron chi connectivity index (χ0n) is 8.62. The van der Waals surface area contributed by atoms with Gasteiger partial charge < -0.3 is 24.8 Å². The second kappa shape index (κ2) is 4.55. The van der Waals surface area contributed by atoms with Crippen LogP contribution in [0.15, 0.2) is 0 Å². The van der Waals surface area contributed by atoms with Crippen LogP contribution in [0.2, 0.25) is 0 Å². The van der Waals surface area contributed by atoms with Gasteiger partial charge in [0.05, 0.1) is 12.2 Å². The van der Waals surface area contributed by atoms with Crippen molar-refractivity contribution in [3.63, 3.8) is 0 Å². The Morgan fingerprint density at radius 1 is 1.07 bits per heavy atom. The Bertz CT molecular complexity index is 184. The minimum Gasteiger partial charge on any atom is -0.388 e. The van der Waals surface area contributed by atoms with Crippen molar-refractivity contribution in [1.82, 2.24) is 0 Å². The molecule has 1 rings (SSSR count). The molecule has 0 radical (unpaired) electrons.